The van der Waals surface area contributed by atoms with Crippen LogP contribution in [0.5, 0.6) is 0 Å². The molecular weight excluding hydrogens is 206 g/mol. The van der Waals surface area contributed by atoms with Gasteiger partial charge < -0.3 is 19.6 Å². The number of rotatable bonds is 4. The minimum atomic E-state index is -4.18. The van der Waals surface area contributed by atoms with Crippen LogP contribution in [0, 0.1) is 0 Å². The number of allylic oxidation sites excluding steroid dienone is 1. The molecular formula is C4H10O6P2. The van der Waals surface area contributed by atoms with Crippen molar-refractivity contribution in [3.05, 3.63) is 11.9 Å². The van der Waals surface area contributed by atoms with E-state index in [1.165, 1.54) is 0 Å². The number of hydrogen-bond donors (Lipinski definition) is 4. The third-order valence-corrected chi connectivity index (χ3v) is 2.33. The lowest BCUT2D eigenvalue weighted by atomic mass is 10.5. The van der Waals surface area contributed by atoms with E-state index >= 15 is 0 Å². The van der Waals surface area contributed by atoms with E-state index < -0.39 is 21.4 Å². The van der Waals surface area contributed by atoms with Crippen LogP contribution in [0.15, 0.2) is 11.9 Å². The van der Waals surface area contributed by atoms with Crippen LogP contribution in [0.1, 0.15) is 6.42 Å². The summed E-state index contributed by atoms with van der Waals surface area (Å²) in [7, 11) is -8.23. The highest BCUT2D eigenvalue weighted by atomic mass is 31.2. The third kappa shape index (κ3) is 10.0. The smallest absolute Gasteiger partial charge is 0.324 e. The number of hydrogen-bond acceptors (Lipinski definition) is 2. The van der Waals surface area contributed by atoms with Crippen molar-refractivity contribution >= 4 is 15.2 Å². The lowest BCUT2D eigenvalue weighted by molar-refractivity contribution is 0.372. The third-order valence-electron chi connectivity index (χ3n) is 0.887. The lowest BCUT2D eigenvalue weighted by Crippen LogP contribution is -1.84. The summed E-state index contributed by atoms with van der Waals surface area (Å²) in [5, 5.41) is 0. The maximum absolute atomic E-state index is 10.2. The Labute approximate surface area is 69.2 Å². The van der Waals surface area contributed by atoms with Crippen molar-refractivity contribution < 1.29 is 28.7 Å². The molecule has 0 spiro atoms. The van der Waals surface area contributed by atoms with Gasteiger partial charge in [0.15, 0.2) is 0 Å². The Bertz CT molecular complexity index is 246. The highest BCUT2D eigenvalue weighted by molar-refractivity contribution is 7.55. The fraction of sp³-hybridized carbons (Fsp3) is 0.500. The zero-order valence-electron chi connectivity index (χ0n) is 6.07. The molecule has 0 aromatic rings. The first-order chi connectivity index (χ1) is 5.21. The Morgan fingerprint density at radius 1 is 1.08 bits per heavy atom. The average molecular weight is 216 g/mol. The molecule has 0 aromatic carbocycles. The zero-order chi connectivity index (χ0) is 9.83. The average Bonchev–Trinajstić information content (AvgIpc) is 1.76. The van der Waals surface area contributed by atoms with Gasteiger partial charge in [0, 0.05) is 5.82 Å². The van der Waals surface area contributed by atoms with Gasteiger partial charge in [0.05, 0.1) is 6.16 Å². The first kappa shape index (κ1) is 12.0. The first-order valence-electron chi connectivity index (χ1n) is 2.98. The largest absolute Gasteiger partial charge is 0.348 e. The van der Waals surface area contributed by atoms with E-state index in [0.29, 0.717) is 5.82 Å². The van der Waals surface area contributed by atoms with Crippen molar-refractivity contribution in [1.29, 1.82) is 0 Å². The van der Waals surface area contributed by atoms with Crippen molar-refractivity contribution in [2.75, 3.05) is 6.16 Å². The summed E-state index contributed by atoms with van der Waals surface area (Å²) in [5.74, 6) is 0.628. The summed E-state index contributed by atoms with van der Waals surface area (Å²) >= 11 is 0. The molecule has 0 rings (SSSR count). The van der Waals surface area contributed by atoms with Crippen molar-refractivity contribution in [3.8, 4) is 0 Å². The molecule has 0 aromatic heterocycles. The molecule has 0 unspecified atom stereocenters. The van der Waals surface area contributed by atoms with Crippen molar-refractivity contribution in [2.24, 2.45) is 0 Å². The van der Waals surface area contributed by atoms with Crippen LogP contribution in [0.2, 0.25) is 0 Å². The highest BCUT2D eigenvalue weighted by Crippen LogP contribution is 2.38. The van der Waals surface area contributed by atoms with E-state index in [9.17, 15) is 9.13 Å². The molecule has 8 heteroatoms. The van der Waals surface area contributed by atoms with Gasteiger partial charge in [-0.25, -0.2) is 0 Å². The van der Waals surface area contributed by atoms with Gasteiger partial charge in [0.2, 0.25) is 0 Å². The van der Waals surface area contributed by atoms with E-state index in [1.54, 1.807) is 0 Å². The highest BCUT2D eigenvalue weighted by Gasteiger charge is 2.11. The van der Waals surface area contributed by atoms with E-state index in [-0.39, 0.29) is 6.42 Å². The Morgan fingerprint density at radius 2 is 1.58 bits per heavy atom. The van der Waals surface area contributed by atoms with Crippen LogP contribution >= 0.6 is 15.2 Å². The van der Waals surface area contributed by atoms with Gasteiger partial charge in [0.25, 0.3) is 0 Å². The van der Waals surface area contributed by atoms with E-state index in [2.05, 4.69) is 0 Å². The van der Waals surface area contributed by atoms with Gasteiger partial charge >= 0.3 is 15.2 Å². The Morgan fingerprint density at radius 3 is 1.92 bits per heavy atom. The van der Waals surface area contributed by atoms with Crippen LogP contribution in [-0.2, 0) is 9.13 Å². The standard InChI is InChI=1S/C4H10O6P2/c5-11(6,7)3-1-2-4-12(8,9)10/h1,3H,2,4H2,(H2,5,6,7)(H2,8,9,10). The molecule has 72 valence electrons. The minimum Gasteiger partial charge on any atom is -0.324 e. The van der Waals surface area contributed by atoms with Gasteiger partial charge in [-0.3, -0.25) is 9.13 Å². The lowest BCUT2D eigenvalue weighted by Gasteiger charge is -1.99. The predicted octanol–water partition coefficient (Wildman–Crippen LogP) is 0.246. The minimum absolute atomic E-state index is 0.0462. The molecule has 0 aliphatic rings. The SMILES string of the molecule is O=P(O)(O)C=CCCP(=O)(O)O. The van der Waals surface area contributed by atoms with Crippen LogP contribution in [0.4, 0.5) is 0 Å². The van der Waals surface area contributed by atoms with Crippen molar-refractivity contribution in [1.82, 2.24) is 0 Å². The molecule has 0 bridgehead atoms. The van der Waals surface area contributed by atoms with Crippen LogP contribution < -0.4 is 0 Å². The molecule has 6 nitrogen and oxygen atoms in total. The summed E-state index contributed by atoms with van der Waals surface area (Å²) < 4.78 is 20.4. The van der Waals surface area contributed by atoms with E-state index in [1.807, 2.05) is 0 Å². The molecule has 0 saturated carbocycles. The topological polar surface area (TPSA) is 115 Å². The molecule has 0 radical (unpaired) electrons. The van der Waals surface area contributed by atoms with Gasteiger partial charge in [-0.15, -0.1) is 0 Å². The van der Waals surface area contributed by atoms with Gasteiger partial charge in [0.1, 0.15) is 0 Å². The molecule has 0 atom stereocenters. The summed E-state index contributed by atoms with van der Waals surface area (Å²) in [6.45, 7) is 0. The normalized spacial score (nSPS) is 14.0. The predicted molar refractivity (Wildman–Crippen MR) is 42.7 cm³/mol. The molecule has 4 N–H and O–H groups in total. The van der Waals surface area contributed by atoms with Crippen molar-refractivity contribution in [3.63, 3.8) is 0 Å². The zero-order valence-corrected chi connectivity index (χ0v) is 7.86. The molecule has 0 aliphatic heterocycles. The fourth-order valence-electron chi connectivity index (χ4n) is 0.455. The van der Waals surface area contributed by atoms with Gasteiger partial charge in [-0.1, -0.05) is 6.08 Å². The molecule has 12 heavy (non-hydrogen) atoms. The second-order valence-electron chi connectivity index (χ2n) is 2.15. The van der Waals surface area contributed by atoms with E-state index in [0.717, 1.165) is 6.08 Å². The molecule has 0 fully saturated rings. The second-order valence-corrected chi connectivity index (χ2v) is 5.40. The molecule has 0 aliphatic carbocycles. The van der Waals surface area contributed by atoms with Crippen LogP contribution in [-0.4, -0.2) is 25.7 Å². The first-order valence-corrected chi connectivity index (χ1v) is 6.46. The second kappa shape index (κ2) is 4.33. The maximum Gasteiger partial charge on any atom is 0.348 e. The Balaban J connectivity index is 3.80. The maximum atomic E-state index is 10.2. The summed E-state index contributed by atoms with van der Waals surface area (Å²) in [6, 6.07) is 0. The monoisotopic (exact) mass is 216 g/mol. The van der Waals surface area contributed by atoms with Crippen LogP contribution in [0.3, 0.4) is 0 Å². The summed E-state index contributed by atoms with van der Waals surface area (Å²) in [4.78, 5) is 33.2. The Hall–Kier alpha value is 0.0400. The van der Waals surface area contributed by atoms with Gasteiger partial charge in [-0.2, -0.15) is 0 Å². The van der Waals surface area contributed by atoms with Crippen molar-refractivity contribution in [2.45, 2.75) is 6.42 Å². The molecule has 0 heterocycles. The quantitative estimate of drug-likeness (QED) is 0.500. The van der Waals surface area contributed by atoms with Crippen LogP contribution in [0.25, 0.3) is 0 Å². The molecule has 0 saturated heterocycles. The van der Waals surface area contributed by atoms with Gasteiger partial charge in [-0.05, 0) is 6.42 Å². The summed E-state index contributed by atoms with van der Waals surface area (Å²) in [6.07, 6.45) is 0.610. The summed E-state index contributed by atoms with van der Waals surface area (Å²) in [5.41, 5.74) is 0. The molecule has 0 amide bonds. The van der Waals surface area contributed by atoms with E-state index in [4.69, 9.17) is 19.6 Å². The fourth-order valence-corrected chi connectivity index (χ4v) is 1.36. The Kier molecular flexibility index (Phi) is 4.34.